The van der Waals surface area contributed by atoms with Crippen LogP contribution < -0.4 is 0 Å². The highest BCUT2D eigenvalue weighted by Gasteiger charge is 2.08. The zero-order valence-electron chi connectivity index (χ0n) is 10.3. The minimum absolute atomic E-state index is 0.0657. The van der Waals surface area contributed by atoms with E-state index in [0.717, 1.165) is 4.88 Å². The number of carbonyl (C=O) groups excluding carboxylic acids is 1. The number of esters is 1. The fourth-order valence-corrected chi connectivity index (χ4v) is 2.13. The number of carbonyl (C=O) groups is 1. The van der Waals surface area contributed by atoms with Crippen LogP contribution in [0.5, 0.6) is 0 Å². The van der Waals surface area contributed by atoms with Crippen molar-refractivity contribution in [1.29, 1.82) is 0 Å². The molecule has 2 aromatic heterocycles. The Morgan fingerprint density at radius 1 is 1.40 bits per heavy atom. The third kappa shape index (κ3) is 3.23. The number of hydrogen-bond acceptors (Lipinski definition) is 7. The molecule has 0 saturated heterocycles. The fraction of sp³-hybridized carbons (Fsp3) is 0.0833. The Morgan fingerprint density at radius 2 is 2.20 bits per heavy atom. The van der Waals surface area contributed by atoms with Crippen molar-refractivity contribution >= 4 is 29.1 Å². The number of nitro groups is 1. The smallest absolute Gasteiger partial charge is 0.330 e. The van der Waals surface area contributed by atoms with Gasteiger partial charge in [-0.3, -0.25) is 10.1 Å². The molecule has 102 valence electrons. The van der Waals surface area contributed by atoms with E-state index in [9.17, 15) is 14.9 Å². The second kappa shape index (κ2) is 6.02. The first kappa shape index (κ1) is 13.8. The lowest BCUT2D eigenvalue weighted by atomic mass is 10.3. The molecule has 0 N–H and O–H groups in total. The van der Waals surface area contributed by atoms with E-state index in [4.69, 9.17) is 0 Å². The average molecular weight is 291 g/mol. The standard InChI is InChI=1S/C12H9N3O4S/c1-19-12(16)5-4-11-14-7-10(20-11)9-3-2-8(6-13-9)15(17)18/h2-7H,1H3/b5-4+. The van der Waals surface area contributed by atoms with E-state index in [-0.39, 0.29) is 5.69 Å². The third-order valence-electron chi connectivity index (χ3n) is 2.30. The maximum absolute atomic E-state index is 11.0. The number of pyridine rings is 1. The van der Waals surface area contributed by atoms with Crippen LogP contribution in [0.25, 0.3) is 16.6 Å². The van der Waals surface area contributed by atoms with Crippen LogP contribution in [0.1, 0.15) is 5.01 Å². The SMILES string of the molecule is COC(=O)/C=C/c1ncc(-c2ccc([N+](=O)[O-])cn2)s1. The van der Waals surface area contributed by atoms with E-state index in [2.05, 4.69) is 14.7 Å². The van der Waals surface area contributed by atoms with Crippen molar-refractivity contribution in [3.8, 4) is 10.6 Å². The zero-order chi connectivity index (χ0) is 14.5. The van der Waals surface area contributed by atoms with Gasteiger partial charge in [-0.1, -0.05) is 0 Å². The predicted octanol–water partition coefficient (Wildman–Crippen LogP) is 2.30. The molecule has 0 aliphatic carbocycles. The van der Waals surface area contributed by atoms with Crippen LogP contribution in [-0.2, 0) is 9.53 Å². The van der Waals surface area contributed by atoms with Crippen LogP contribution in [0.4, 0.5) is 5.69 Å². The van der Waals surface area contributed by atoms with Gasteiger partial charge in [-0.15, -0.1) is 11.3 Å². The lowest BCUT2D eigenvalue weighted by Gasteiger charge is -1.94. The van der Waals surface area contributed by atoms with Crippen molar-refractivity contribution in [2.45, 2.75) is 0 Å². The van der Waals surface area contributed by atoms with E-state index in [1.54, 1.807) is 12.3 Å². The first-order valence-corrected chi connectivity index (χ1v) is 6.24. The number of rotatable bonds is 4. The van der Waals surface area contributed by atoms with Gasteiger partial charge in [0.2, 0.25) is 0 Å². The van der Waals surface area contributed by atoms with E-state index >= 15 is 0 Å². The number of methoxy groups -OCH3 is 1. The molecule has 0 saturated carbocycles. The molecule has 0 spiro atoms. The summed E-state index contributed by atoms with van der Waals surface area (Å²) >= 11 is 1.31. The topological polar surface area (TPSA) is 95.2 Å². The normalized spacial score (nSPS) is 10.7. The molecular weight excluding hydrogens is 282 g/mol. The van der Waals surface area contributed by atoms with Crippen LogP contribution in [0.15, 0.2) is 30.6 Å². The van der Waals surface area contributed by atoms with Gasteiger partial charge in [-0.25, -0.2) is 14.8 Å². The summed E-state index contributed by atoms with van der Waals surface area (Å²) in [5.41, 5.74) is 0.523. The Morgan fingerprint density at radius 3 is 2.80 bits per heavy atom. The van der Waals surface area contributed by atoms with Crippen molar-refractivity contribution in [3.63, 3.8) is 0 Å². The van der Waals surface area contributed by atoms with Crippen LogP contribution in [-0.4, -0.2) is 28.0 Å². The summed E-state index contributed by atoms with van der Waals surface area (Å²) in [5.74, 6) is -0.463. The quantitative estimate of drug-likeness (QED) is 0.371. The van der Waals surface area contributed by atoms with Crippen LogP contribution in [0.2, 0.25) is 0 Å². The van der Waals surface area contributed by atoms with Gasteiger partial charge in [0.25, 0.3) is 5.69 Å². The van der Waals surface area contributed by atoms with Crippen LogP contribution in [0, 0.1) is 10.1 Å². The monoisotopic (exact) mass is 291 g/mol. The van der Waals surface area contributed by atoms with Gasteiger partial charge >= 0.3 is 5.97 Å². The molecule has 2 heterocycles. The minimum atomic E-state index is -0.506. The van der Waals surface area contributed by atoms with Crippen molar-refractivity contribution in [2.75, 3.05) is 7.11 Å². The molecule has 0 amide bonds. The van der Waals surface area contributed by atoms with Gasteiger partial charge in [0.1, 0.15) is 11.2 Å². The second-order valence-electron chi connectivity index (χ2n) is 3.58. The maximum Gasteiger partial charge on any atom is 0.330 e. The molecule has 20 heavy (non-hydrogen) atoms. The lowest BCUT2D eigenvalue weighted by molar-refractivity contribution is -0.385. The molecule has 0 unspecified atom stereocenters. The molecule has 0 bridgehead atoms. The first-order chi connectivity index (χ1) is 9.60. The largest absolute Gasteiger partial charge is 0.466 e. The summed E-state index contributed by atoms with van der Waals surface area (Å²) in [6, 6.07) is 2.94. The van der Waals surface area contributed by atoms with Gasteiger partial charge in [-0.2, -0.15) is 0 Å². The third-order valence-corrected chi connectivity index (χ3v) is 3.28. The maximum atomic E-state index is 11.0. The number of hydrogen-bond donors (Lipinski definition) is 0. The molecular formula is C12H9N3O4S. The molecule has 0 aromatic carbocycles. The molecule has 0 fully saturated rings. The summed E-state index contributed by atoms with van der Waals surface area (Å²) in [5, 5.41) is 11.1. The van der Waals surface area contributed by atoms with Gasteiger partial charge in [0.05, 0.1) is 22.6 Å². The van der Waals surface area contributed by atoms with Crippen molar-refractivity contribution in [2.24, 2.45) is 0 Å². The van der Waals surface area contributed by atoms with E-state index < -0.39 is 10.9 Å². The number of thiazole rings is 1. The summed E-state index contributed by atoms with van der Waals surface area (Å²) in [7, 11) is 1.29. The molecule has 0 atom stereocenters. The Bertz CT molecular complexity index is 664. The van der Waals surface area contributed by atoms with Crippen molar-refractivity contribution in [3.05, 3.63) is 45.7 Å². The second-order valence-corrected chi connectivity index (χ2v) is 4.64. The highest BCUT2D eigenvalue weighted by molar-refractivity contribution is 7.15. The average Bonchev–Trinajstić information content (AvgIpc) is 2.93. The summed E-state index contributed by atoms with van der Waals surface area (Å²) in [6.07, 6.45) is 5.59. The van der Waals surface area contributed by atoms with Crippen LogP contribution in [0.3, 0.4) is 0 Å². The van der Waals surface area contributed by atoms with Crippen LogP contribution >= 0.6 is 11.3 Å². The van der Waals surface area contributed by atoms with E-state index in [1.165, 1.54) is 42.9 Å². The number of ether oxygens (including phenoxy) is 1. The van der Waals surface area contributed by atoms with E-state index in [0.29, 0.717) is 10.7 Å². The number of nitrogens with zero attached hydrogens (tertiary/aromatic N) is 3. The molecule has 0 aliphatic rings. The van der Waals surface area contributed by atoms with Gasteiger partial charge < -0.3 is 4.74 Å². The summed E-state index contributed by atoms with van der Waals surface area (Å²) < 4.78 is 4.47. The van der Waals surface area contributed by atoms with Gasteiger partial charge in [-0.05, 0) is 12.1 Å². The molecule has 0 aliphatic heterocycles. The minimum Gasteiger partial charge on any atom is -0.466 e. The zero-order valence-corrected chi connectivity index (χ0v) is 11.2. The Labute approximate surface area is 117 Å². The Kier molecular flexibility index (Phi) is 4.16. The molecule has 0 radical (unpaired) electrons. The molecule has 8 heteroatoms. The number of aromatic nitrogens is 2. The summed E-state index contributed by atoms with van der Waals surface area (Å²) in [6.45, 7) is 0. The van der Waals surface area contributed by atoms with E-state index in [1.807, 2.05) is 0 Å². The Hall–Kier alpha value is -2.61. The van der Waals surface area contributed by atoms with Crippen molar-refractivity contribution in [1.82, 2.24) is 9.97 Å². The predicted molar refractivity (Wildman–Crippen MR) is 73.0 cm³/mol. The molecule has 2 rings (SSSR count). The molecule has 7 nitrogen and oxygen atoms in total. The first-order valence-electron chi connectivity index (χ1n) is 5.43. The van der Waals surface area contributed by atoms with Gasteiger partial charge in [0.15, 0.2) is 0 Å². The highest BCUT2D eigenvalue weighted by atomic mass is 32.1. The molecule has 2 aromatic rings. The lowest BCUT2D eigenvalue weighted by Crippen LogP contribution is -1.92. The van der Waals surface area contributed by atoms with Crippen molar-refractivity contribution < 1.29 is 14.5 Å². The summed E-state index contributed by atoms with van der Waals surface area (Å²) in [4.78, 5) is 29.9. The Balaban J connectivity index is 2.18. The highest BCUT2D eigenvalue weighted by Crippen LogP contribution is 2.26. The van der Waals surface area contributed by atoms with Gasteiger partial charge in [0, 0.05) is 18.3 Å². The fourth-order valence-electron chi connectivity index (χ4n) is 1.33.